The molecule has 1 aromatic carbocycles. The topological polar surface area (TPSA) is 38.2 Å². The van der Waals surface area contributed by atoms with Gasteiger partial charge in [-0.2, -0.15) is 0 Å². The minimum Gasteiger partial charge on any atom is -0.496 e. The van der Waals surface area contributed by atoms with Crippen LogP contribution >= 0.6 is 0 Å². The quantitative estimate of drug-likeness (QED) is 0.868. The standard InChI is InChI=1S/C16H18FN3O/c1-21-14-7-5-6-12(17)16(14)13-10-15(19-11-18-13)20-8-3-2-4-9-20/h5-7,10-11H,2-4,8-9H2,1H3. The van der Waals surface area contributed by atoms with Gasteiger partial charge in [-0.1, -0.05) is 6.07 Å². The van der Waals surface area contributed by atoms with Gasteiger partial charge in [-0.25, -0.2) is 14.4 Å². The zero-order valence-corrected chi connectivity index (χ0v) is 12.1. The van der Waals surface area contributed by atoms with E-state index in [1.165, 1.54) is 38.8 Å². The fourth-order valence-corrected chi connectivity index (χ4v) is 2.70. The van der Waals surface area contributed by atoms with Crippen LogP contribution in [-0.2, 0) is 0 Å². The summed E-state index contributed by atoms with van der Waals surface area (Å²) in [6, 6.07) is 6.62. The first-order chi connectivity index (χ1) is 10.3. The van der Waals surface area contributed by atoms with Gasteiger partial charge in [-0.3, -0.25) is 0 Å². The zero-order valence-electron chi connectivity index (χ0n) is 12.1. The second kappa shape index (κ2) is 6.08. The highest BCUT2D eigenvalue weighted by atomic mass is 19.1. The molecule has 0 N–H and O–H groups in total. The SMILES string of the molecule is COc1cccc(F)c1-c1cc(N2CCCCC2)ncn1. The van der Waals surface area contributed by atoms with Gasteiger partial charge in [0.2, 0.25) is 0 Å². The molecule has 0 spiro atoms. The Bertz CT molecular complexity index is 627. The molecule has 0 bridgehead atoms. The van der Waals surface area contributed by atoms with Gasteiger partial charge in [0.05, 0.1) is 18.4 Å². The number of rotatable bonds is 3. The third-order valence-corrected chi connectivity index (χ3v) is 3.78. The lowest BCUT2D eigenvalue weighted by Gasteiger charge is -2.27. The van der Waals surface area contributed by atoms with Crippen molar-refractivity contribution < 1.29 is 9.13 Å². The first kappa shape index (κ1) is 13.8. The lowest BCUT2D eigenvalue weighted by Crippen LogP contribution is -2.30. The highest BCUT2D eigenvalue weighted by Gasteiger charge is 2.17. The van der Waals surface area contributed by atoms with Crippen LogP contribution in [0.15, 0.2) is 30.6 Å². The number of piperidine rings is 1. The molecule has 0 aliphatic carbocycles. The molecule has 1 aliphatic rings. The summed E-state index contributed by atoms with van der Waals surface area (Å²) in [5.74, 6) is 1.00. The van der Waals surface area contributed by atoms with E-state index >= 15 is 0 Å². The Labute approximate surface area is 123 Å². The number of benzene rings is 1. The van der Waals surface area contributed by atoms with E-state index < -0.39 is 0 Å². The molecule has 2 aromatic rings. The molecule has 0 radical (unpaired) electrons. The second-order valence-electron chi connectivity index (χ2n) is 5.13. The van der Waals surface area contributed by atoms with E-state index in [4.69, 9.17) is 4.74 Å². The summed E-state index contributed by atoms with van der Waals surface area (Å²) in [5, 5.41) is 0. The van der Waals surface area contributed by atoms with Crippen LogP contribution in [0.5, 0.6) is 5.75 Å². The van der Waals surface area contributed by atoms with Crippen molar-refractivity contribution in [2.75, 3.05) is 25.1 Å². The fraction of sp³-hybridized carbons (Fsp3) is 0.375. The first-order valence-electron chi connectivity index (χ1n) is 7.19. The summed E-state index contributed by atoms with van der Waals surface area (Å²) in [6.07, 6.45) is 5.09. The van der Waals surface area contributed by atoms with E-state index in [0.29, 0.717) is 17.0 Å². The number of aromatic nitrogens is 2. The Kier molecular flexibility index (Phi) is 3.99. The van der Waals surface area contributed by atoms with Gasteiger partial charge in [0, 0.05) is 19.2 Å². The van der Waals surface area contributed by atoms with E-state index in [9.17, 15) is 4.39 Å². The van der Waals surface area contributed by atoms with Crippen molar-refractivity contribution in [3.63, 3.8) is 0 Å². The Hall–Kier alpha value is -2.17. The predicted octanol–water partition coefficient (Wildman–Crippen LogP) is 3.28. The van der Waals surface area contributed by atoms with Gasteiger partial charge in [-0.15, -0.1) is 0 Å². The molecule has 1 aromatic heterocycles. The zero-order chi connectivity index (χ0) is 14.7. The Balaban J connectivity index is 2.00. The van der Waals surface area contributed by atoms with Crippen molar-refractivity contribution >= 4 is 5.82 Å². The van der Waals surface area contributed by atoms with E-state index in [1.807, 2.05) is 6.07 Å². The van der Waals surface area contributed by atoms with Gasteiger partial charge in [0.1, 0.15) is 23.7 Å². The van der Waals surface area contributed by atoms with Crippen molar-refractivity contribution in [1.29, 1.82) is 0 Å². The number of nitrogens with zero attached hydrogens (tertiary/aromatic N) is 3. The molecular formula is C16H18FN3O. The Morgan fingerprint density at radius 1 is 1.14 bits per heavy atom. The lowest BCUT2D eigenvalue weighted by molar-refractivity contribution is 0.413. The molecule has 1 fully saturated rings. The number of hydrogen-bond acceptors (Lipinski definition) is 4. The second-order valence-corrected chi connectivity index (χ2v) is 5.13. The molecule has 2 heterocycles. The molecule has 5 heteroatoms. The van der Waals surface area contributed by atoms with E-state index in [-0.39, 0.29) is 5.82 Å². The van der Waals surface area contributed by atoms with Crippen LogP contribution in [0.4, 0.5) is 10.2 Å². The highest BCUT2D eigenvalue weighted by Crippen LogP contribution is 2.32. The lowest BCUT2D eigenvalue weighted by atomic mass is 10.1. The highest BCUT2D eigenvalue weighted by molar-refractivity contribution is 5.69. The molecule has 4 nitrogen and oxygen atoms in total. The van der Waals surface area contributed by atoms with Gasteiger partial charge in [0.25, 0.3) is 0 Å². The molecule has 1 aliphatic heterocycles. The third-order valence-electron chi connectivity index (χ3n) is 3.78. The van der Waals surface area contributed by atoms with E-state index in [2.05, 4.69) is 14.9 Å². The summed E-state index contributed by atoms with van der Waals surface area (Å²) in [4.78, 5) is 10.8. The van der Waals surface area contributed by atoms with Crippen molar-refractivity contribution in [3.8, 4) is 17.0 Å². The largest absolute Gasteiger partial charge is 0.496 e. The predicted molar refractivity (Wildman–Crippen MR) is 80.0 cm³/mol. The van der Waals surface area contributed by atoms with Crippen LogP contribution in [0.25, 0.3) is 11.3 Å². The minimum absolute atomic E-state index is 0.336. The number of halogens is 1. The molecule has 0 unspecified atom stereocenters. The van der Waals surface area contributed by atoms with Gasteiger partial charge >= 0.3 is 0 Å². The molecule has 3 rings (SSSR count). The Morgan fingerprint density at radius 2 is 1.95 bits per heavy atom. The summed E-state index contributed by atoms with van der Waals surface area (Å²) < 4.78 is 19.4. The number of ether oxygens (including phenoxy) is 1. The molecule has 1 saturated heterocycles. The first-order valence-corrected chi connectivity index (χ1v) is 7.19. The van der Waals surface area contributed by atoms with Crippen LogP contribution < -0.4 is 9.64 Å². The minimum atomic E-state index is -0.336. The van der Waals surface area contributed by atoms with Crippen LogP contribution in [0.1, 0.15) is 19.3 Å². The maximum Gasteiger partial charge on any atom is 0.136 e. The molecule has 110 valence electrons. The van der Waals surface area contributed by atoms with Gasteiger partial charge in [0.15, 0.2) is 0 Å². The van der Waals surface area contributed by atoms with E-state index in [0.717, 1.165) is 18.9 Å². The van der Waals surface area contributed by atoms with Crippen molar-refractivity contribution in [3.05, 3.63) is 36.4 Å². The van der Waals surface area contributed by atoms with Crippen molar-refractivity contribution in [1.82, 2.24) is 9.97 Å². The molecule has 0 saturated carbocycles. The fourth-order valence-electron chi connectivity index (χ4n) is 2.70. The average molecular weight is 287 g/mol. The van der Waals surface area contributed by atoms with Crippen molar-refractivity contribution in [2.45, 2.75) is 19.3 Å². The number of hydrogen-bond donors (Lipinski definition) is 0. The normalized spacial score (nSPS) is 15.0. The summed E-state index contributed by atoms with van der Waals surface area (Å²) in [6.45, 7) is 1.98. The monoisotopic (exact) mass is 287 g/mol. The molecule has 0 amide bonds. The molecule has 21 heavy (non-hydrogen) atoms. The summed E-state index contributed by atoms with van der Waals surface area (Å²) >= 11 is 0. The van der Waals surface area contributed by atoms with E-state index in [1.54, 1.807) is 12.1 Å². The summed E-state index contributed by atoms with van der Waals surface area (Å²) in [5.41, 5.74) is 0.946. The molecular weight excluding hydrogens is 269 g/mol. The van der Waals surface area contributed by atoms with Gasteiger partial charge in [-0.05, 0) is 31.4 Å². The number of anilines is 1. The summed E-state index contributed by atoms with van der Waals surface area (Å²) in [7, 11) is 1.53. The Morgan fingerprint density at radius 3 is 2.71 bits per heavy atom. The third kappa shape index (κ3) is 2.82. The van der Waals surface area contributed by atoms with Crippen LogP contribution in [0.3, 0.4) is 0 Å². The average Bonchev–Trinajstić information content (AvgIpc) is 2.55. The number of methoxy groups -OCH3 is 1. The van der Waals surface area contributed by atoms with Crippen LogP contribution in [-0.4, -0.2) is 30.2 Å². The smallest absolute Gasteiger partial charge is 0.136 e. The van der Waals surface area contributed by atoms with Crippen LogP contribution in [0.2, 0.25) is 0 Å². The maximum atomic E-state index is 14.1. The van der Waals surface area contributed by atoms with Gasteiger partial charge < -0.3 is 9.64 Å². The molecule has 0 atom stereocenters. The maximum absolute atomic E-state index is 14.1. The van der Waals surface area contributed by atoms with Crippen LogP contribution in [0, 0.1) is 5.82 Å². The van der Waals surface area contributed by atoms with Crippen molar-refractivity contribution in [2.24, 2.45) is 0 Å².